The summed E-state index contributed by atoms with van der Waals surface area (Å²) in [5, 5.41) is 11.7. The van der Waals surface area contributed by atoms with Crippen LogP contribution < -0.4 is 4.74 Å². The molecule has 1 unspecified atom stereocenters. The molecule has 3 heterocycles. The number of aromatic nitrogens is 2. The van der Waals surface area contributed by atoms with E-state index in [1.807, 2.05) is 48.5 Å². The number of pyridine rings is 1. The van der Waals surface area contributed by atoms with Gasteiger partial charge in [-0.05, 0) is 24.6 Å². The standard InChI is InChI=1S/C28H23N3O4S/c1-17-26(36-27(30-17)18-9-4-3-5-10-18)24(32)22-23(19-12-8-14-29-15-19)31(28(34)25(22)33)16-20-11-6-7-13-21(20)35-2/h3-15,23,33H,16H2,1-2H3. The Morgan fingerprint density at radius 3 is 2.56 bits per heavy atom. The monoisotopic (exact) mass is 497 g/mol. The minimum atomic E-state index is -0.815. The number of aryl methyl sites for hydroxylation is 1. The van der Waals surface area contributed by atoms with Crippen LogP contribution in [0.25, 0.3) is 10.6 Å². The van der Waals surface area contributed by atoms with Crippen LogP contribution >= 0.6 is 11.3 Å². The van der Waals surface area contributed by atoms with Crippen molar-refractivity contribution in [2.75, 3.05) is 7.11 Å². The van der Waals surface area contributed by atoms with E-state index in [1.165, 1.54) is 16.2 Å². The van der Waals surface area contributed by atoms with E-state index in [-0.39, 0.29) is 12.1 Å². The first-order chi connectivity index (χ1) is 17.5. The molecule has 0 fully saturated rings. The van der Waals surface area contributed by atoms with Crippen LogP contribution in [0.4, 0.5) is 0 Å². The summed E-state index contributed by atoms with van der Waals surface area (Å²) in [5.41, 5.74) is 2.84. The molecule has 0 radical (unpaired) electrons. The lowest BCUT2D eigenvalue weighted by atomic mass is 9.96. The van der Waals surface area contributed by atoms with Crippen molar-refractivity contribution >= 4 is 23.0 Å². The number of methoxy groups -OCH3 is 1. The molecule has 180 valence electrons. The van der Waals surface area contributed by atoms with Crippen molar-refractivity contribution in [3.8, 4) is 16.3 Å². The lowest BCUT2D eigenvalue weighted by Gasteiger charge is -2.27. The molecule has 7 nitrogen and oxygen atoms in total. The van der Waals surface area contributed by atoms with Gasteiger partial charge in [-0.3, -0.25) is 14.6 Å². The molecule has 1 atom stereocenters. The van der Waals surface area contributed by atoms with E-state index in [0.717, 1.165) is 11.1 Å². The van der Waals surface area contributed by atoms with Crippen molar-refractivity contribution in [1.29, 1.82) is 0 Å². The second-order valence-corrected chi connectivity index (χ2v) is 9.32. The molecule has 0 saturated heterocycles. The van der Waals surface area contributed by atoms with Gasteiger partial charge in [0, 0.05) is 23.5 Å². The number of para-hydroxylation sites is 1. The predicted molar refractivity (Wildman–Crippen MR) is 137 cm³/mol. The van der Waals surface area contributed by atoms with Crippen LogP contribution in [-0.4, -0.2) is 38.8 Å². The van der Waals surface area contributed by atoms with Gasteiger partial charge < -0.3 is 14.7 Å². The number of carbonyl (C=O) groups is 2. The van der Waals surface area contributed by atoms with E-state index in [9.17, 15) is 14.7 Å². The number of hydrogen-bond acceptors (Lipinski definition) is 7. The summed E-state index contributed by atoms with van der Waals surface area (Å²) in [5.74, 6) is -0.990. The molecular weight excluding hydrogens is 474 g/mol. The molecule has 2 aromatic carbocycles. The number of carbonyl (C=O) groups excluding carboxylic acids is 2. The number of benzene rings is 2. The van der Waals surface area contributed by atoms with E-state index in [2.05, 4.69) is 9.97 Å². The molecule has 0 saturated carbocycles. The molecule has 4 aromatic rings. The first-order valence-corrected chi connectivity index (χ1v) is 12.1. The molecule has 1 N–H and O–H groups in total. The Balaban J connectivity index is 1.58. The molecule has 1 aliphatic rings. The molecule has 1 amide bonds. The average Bonchev–Trinajstić information content (AvgIpc) is 3.42. The van der Waals surface area contributed by atoms with Gasteiger partial charge in [-0.2, -0.15) is 0 Å². The van der Waals surface area contributed by atoms with Gasteiger partial charge in [0.25, 0.3) is 5.91 Å². The van der Waals surface area contributed by atoms with E-state index in [1.54, 1.807) is 44.6 Å². The third kappa shape index (κ3) is 4.16. The van der Waals surface area contributed by atoms with E-state index >= 15 is 0 Å². The minimum absolute atomic E-state index is 0.0225. The average molecular weight is 498 g/mol. The highest BCUT2D eigenvalue weighted by molar-refractivity contribution is 7.17. The van der Waals surface area contributed by atoms with Crippen LogP contribution in [0.5, 0.6) is 5.75 Å². The number of aliphatic hydroxyl groups is 1. The van der Waals surface area contributed by atoms with Crippen molar-refractivity contribution in [3.05, 3.63) is 112 Å². The van der Waals surface area contributed by atoms with Gasteiger partial charge in [-0.15, -0.1) is 11.3 Å². The molecule has 2 aromatic heterocycles. The SMILES string of the molecule is COc1ccccc1CN1C(=O)C(O)=C(C(=O)c2sc(-c3ccccc3)nc2C)C1c1cccnc1. The molecule has 0 bridgehead atoms. The van der Waals surface area contributed by atoms with E-state index in [4.69, 9.17) is 4.74 Å². The third-order valence-corrected chi connectivity index (χ3v) is 7.31. The van der Waals surface area contributed by atoms with Crippen LogP contribution in [0.2, 0.25) is 0 Å². The van der Waals surface area contributed by atoms with Crippen molar-refractivity contribution < 1.29 is 19.4 Å². The maximum Gasteiger partial charge on any atom is 0.290 e. The number of rotatable bonds is 7. The first kappa shape index (κ1) is 23.4. The summed E-state index contributed by atoms with van der Waals surface area (Å²) in [6, 6.07) is 19.6. The summed E-state index contributed by atoms with van der Waals surface area (Å²) < 4.78 is 5.46. The Kier molecular flexibility index (Phi) is 6.35. The molecular formula is C28H23N3O4S. The Hall–Kier alpha value is -4.30. The predicted octanol–water partition coefficient (Wildman–Crippen LogP) is 5.30. The fraction of sp³-hybridized carbons (Fsp3) is 0.143. The van der Waals surface area contributed by atoms with E-state index < -0.39 is 23.5 Å². The molecule has 8 heteroatoms. The van der Waals surface area contributed by atoms with Gasteiger partial charge in [-0.1, -0.05) is 54.6 Å². The van der Waals surface area contributed by atoms with Crippen LogP contribution in [-0.2, 0) is 11.3 Å². The topological polar surface area (TPSA) is 92.6 Å². The fourth-order valence-electron chi connectivity index (χ4n) is 4.38. The summed E-state index contributed by atoms with van der Waals surface area (Å²) in [7, 11) is 1.56. The number of Topliss-reactive ketones (excluding diaryl/α,β-unsaturated/α-hetero) is 1. The zero-order valence-electron chi connectivity index (χ0n) is 19.7. The lowest BCUT2D eigenvalue weighted by molar-refractivity contribution is -0.130. The highest BCUT2D eigenvalue weighted by Crippen LogP contribution is 2.42. The highest BCUT2D eigenvalue weighted by Gasteiger charge is 2.44. The zero-order valence-corrected chi connectivity index (χ0v) is 20.5. The van der Waals surface area contributed by atoms with Crippen LogP contribution in [0, 0.1) is 6.92 Å². The smallest absolute Gasteiger partial charge is 0.290 e. The molecule has 0 spiro atoms. The molecule has 5 rings (SSSR count). The van der Waals surface area contributed by atoms with Crippen LogP contribution in [0.3, 0.4) is 0 Å². The summed E-state index contributed by atoms with van der Waals surface area (Å²) >= 11 is 1.25. The maximum atomic E-state index is 13.9. The highest BCUT2D eigenvalue weighted by atomic mass is 32.1. The summed E-state index contributed by atoms with van der Waals surface area (Å²) in [6.45, 7) is 1.90. The second-order valence-electron chi connectivity index (χ2n) is 8.32. The summed E-state index contributed by atoms with van der Waals surface area (Å²) in [6.07, 6.45) is 3.23. The van der Waals surface area contributed by atoms with E-state index in [0.29, 0.717) is 26.9 Å². The molecule has 1 aliphatic heterocycles. The fourth-order valence-corrected chi connectivity index (χ4v) is 5.41. The Morgan fingerprint density at radius 2 is 1.83 bits per heavy atom. The maximum absolute atomic E-state index is 13.9. The number of nitrogens with zero attached hydrogens (tertiary/aromatic N) is 3. The van der Waals surface area contributed by atoms with Crippen molar-refractivity contribution in [2.45, 2.75) is 19.5 Å². The van der Waals surface area contributed by atoms with Gasteiger partial charge in [0.2, 0.25) is 5.78 Å². The number of aliphatic hydroxyl groups excluding tert-OH is 1. The molecule has 36 heavy (non-hydrogen) atoms. The normalized spacial score (nSPS) is 15.4. The van der Waals surface area contributed by atoms with Gasteiger partial charge in [0.1, 0.15) is 10.8 Å². The number of thiazole rings is 1. The van der Waals surface area contributed by atoms with Crippen molar-refractivity contribution in [3.63, 3.8) is 0 Å². The zero-order chi connectivity index (χ0) is 25.2. The lowest BCUT2D eigenvalue weighted by Crippen LogP contribution is -2.31. The number of ketones is 1. The van der Waals surface area contributed by atoms with Gasteiger partial charge in [-0.25, -0.2) is 4.98 Å². The second kappa shape index (κ2) is 9.75. The van der Waals surface area contributed by atoms with Gasteiger partial charge >= 0.3 is 0 Å². The largest absolute Gasteiger partial charge is 0.503 e. The van der Waals surface area contributed by atoms with Crippen LogP contribution in [0.15, 0.2) is 90.5 Å². The minimum Gasteiger partial charge on any atom is -0.503 e. The number of ether oxygens (including phenoxy) is 1. The Morgan fingerprint density at radius 1 is 1.08 bits per heavy atom. The Bertz CT molecular complexity index is 1460. The van der Waals surface area contributed by atoms with Crippen molar-refractivity contribution in [2.24, 2.45) is 0 Å². The van der Waals surface area contributed by atoms with Gasteiger partial charge in [0.15, 0.2) is 5.76 Å². The van der Waals surface area contributed by atoms with Gasteiger partial charge in [0.05, 0.1) is 35.8 Å². The third-order valence-electron chi connectivity index (χ3n) is 6.11. The Labute approximate surface area is 212 Å². The number of amides is 1. The quantitative estimate of drug-likeness (QED) is 0.348. The summed E-state index contributed by atoms with van der Waals surface area (Å²) in [4.78, 5) is 37.9. The van der Waals surface area contributed by atoms with Crippen LogP contribution in [0.1, 0.15) is 32.5 Å². The first-order valence-electron chi connectivity index (χ1n) is 11.3. The number of hydrogen-bond donors (Lipinski definition) is 1. The molecule has 0 aliphatic carbocycles. The van der Waals surface area contributed by atoms with Crippen molar-refractivity contribution in [1.82, 2.24) is 14.9 Å².